The normalized spacial score (nSPS) is 19.9. The lowest BCUT2D eigenvalue weighted by Gasteiger charge is -2.36. The molecule has 0 saturated carbocycles. The Morgan fingerprint density at radius 2 is 2.00 bits per heavy atom. The van der Waals surface area contributed by atoms with Gasteiger partial charge in [0.15, 0.2) is 8.32 Å². The van der Waals surface area contributed by atoms with Crippen LogP contribution < -0.4 is 4.72 Å². The Morgan fingerprint density at radius 1 is 1.44 bits per heavy atom. The van der Waals surface area contributed by atoms with Crippen molar-refractivity contribution in [2.45, 2.75) is 38.9 Å². The van der Waals surface area contributed by atoms with Gasteiger partial charge in [-0.05, 0) is 18.1 Å². The van der Waals surface area contributed by atoms with Crippen LogP contribution >= 0.6 is 0 Å². The quantitative estimate of drug-likeness (QED) is 0.789. The molecule has 0 fully saturated rings. The molecular formula is C9H19NO4SSi. The van der Waals surface area contributed by atoms with Crippen molar-refractivity contribution < 1.29 is 17.0 Å². The molecule has 7 heteroatoms. The van der Waals surface area contributed by atoms with E-state index < -0.39 is 18.6 Å². The van der Waals surface area contributed by atoms with Crippen LogP contribution in [0.25, 0.3) is 0 Å². The van der Waals surface area contributed by atoms with Crippen LogP contribution in [-0.2, 0) is 18.9 Å². The zero-order chi connectivity index (χ0) is 12.6. The highest BCUT2D eigenvalue weighted by Gasteiger charge is 2.37. The topological polar surface area (TPSA) is 64.6 Å². The predicted octanol–water partition coefficient (Wildman–Crippen LogP) is 1.71. The molecule has 0 unspecified atom stereocenters. The van der Waals surface area contributed by atoms with Gasteiger partial charge in [-0.1, -0.05) is 20.8 Å². The first-order valence-electron chi connectivity index (χ1n) is 5.07. The molecule has 0 amide bonds. The predicted molar refractivity (Wildman–Crippen MR) is 64.4 cm³/mol. The molecular weight excluding hydrogens is 246 g/mol. The molecule has 0 aromatic rings. The first kappa shape index (κ1) is 13.5. The van der Waals surface area contributed by atoms with Crippen molar-refractivity contribution in [3.05, 3.63) is 12.0 Å². The third kappa shape index (κ3) is 3.23. The lowest BCUT2D eigenvalue weighted by Crippen LogP contribution is -2.41. The van der Waals surface area contributed by atoms with Gasteiger partial charge in [0.1, 0.15) is 6.26 Å². The number of hydrogen-bond donors (Lipinski definition) is 1. The van der Waals surface area contributed by atoms with E-state index in [4.69, 9.17) is 4.43 Å². The highest BCUT2D eigenvalue weighted by atomic mass is 32.2. The first-order valence-corrected chi connectivity index (χ1v) is 9.39. The van der Waals surface area contributed by atoms with Gasteiger partial charge in [0.25, 0.3) is 0 Å². The fraction of sp³-hybridized carbons (Fsp3) is 0.778. The van der Waals surface area contributed by atoms with E-state index in [1.54, 1.807) is 0 Å². The minimum Gasteiger partial charge on any atom is -0.411 e. The summed E-state index contributed by atoms with van der Waals surface area (Å²) < 4.78 is 34.4. The number of rotatable bonds is 3. The Balaban J connectivity index is 2.54. The summed E-state index contributed by atoms with van der Waals surface area (Å²) >= 11 is 0. The second-order valence-corrected chi connectivity index (χ2v) is 11.5. The molecule has 94 valence electrons. The third-order valence-electron chi connectivity index (χ3n) is 2.97. The molecule has 1 rings (SSSR count). The summed E-state index contributed by atoms with van der Waals surface area (Å²) in [5.74, 6) is 0. The minimum absolute atomic E-state index is 0.103. The summed E-state index contributed by atoms with van der Waals surface area (Å²) in [4.78, 5) is 0. The fourth-order valence-electron chi connectivity index (χ4n) is 0.868. The Morgan fingerprint density at radius 3 is 2.38 bits per heavy atom. The second kappa shape index (κ2) is 4.05. The van der Waals surface area contributed by atoms with Crippen LogP contribution in [0, 0.1) is 0 Å². The van der Waals surface area contributed by atoms with Crippen LogP contribution in [0.2, 0.25) is 18.1 Å². The minimum atomic E-state index is -3.61. The second-order valence-electron chi connectivity index (χ2n) is 5.34. The van der Waals surface area contributed by atoms with Crippen molar-refractivity contribution >= 4 is 18.6 Å². The van der Waals surface area contributed by atoms with Crippen molar-refractivity contribution in [2.24, 2.45) is 0 Å². The van der Waals surface area contributed by atoms with Gasteiger partial charge in [-0.3, -0.25) is 0 Å². The molecule has 0 bridgehead atoms. The maximum atomic E-state index is 10.9. The maximum absolute atomic E-state index is 10.9. The maximum Gasteiger partial charge on any atom is 0.406 e. The fourth-order valence-corrected chi connectivity index (χ4v) is 2.54. The molecule has 1 N–H and O–H groups in total. The van der Waals surface area contributed by atoms with Crippen LogP contribution in [0.15, 0.2) is 12.0 Å². The molecule has 1 aliphatic rings. The summed E-state index contributed by atoms with van der Waals surface area (Å²) in [5, 5.41) is 0.103. The van der Waals surface area contributed by atoms with E-state index in [0.29, 0.717) is 5.70 Å². The smallest absolute Gasteiger partial charge is 0.406 e. The zero-order valence-electron chi connectivity index (χ0n) is 10.3. The van der Waals surface area contributed by atoms with Crippen LogP contribution in [0.5, 0.6) is 0 Å². The van der Waals surface area contributed by atoms with Crippen molar-refractivity contribution in [1.29, 1.82) is 0 Å². The molecule has 0 aliphatic carbocycles. The van der Waals surface area contributed by atoms with Gasteiger partial charge in [0, 0.05) is 0 Å². The standard InChI is InChI=1S/C9H19NO4SSi/c1-9(2,3)16(4,5)14-7-8-6-13-15(11,12)10-8/h6,10H,7H2,1-5H3. The summed E-state index contributed by atoms with van der Waals surface area (Å²) in [7, 11) is -5.46. The van der Waals surface area contributed by atoms with Crippen LogP contribution in [0.4, 0.5) is 0 Å². The van der Waals surface area contributed by atoms with Crippen molar-refractivity contribution in [2.75, 3.05) is 6.61 Å². The first-order chi connectivity index (χ1) is 7.04. The molecule has 0 spiro atoms. The molecule has 0 saturated heterocycles. The van der Waals surface area contributed by atoms with E-state index in [1.807, 2.05) is 0 Å². The van der Waals surface area contributed by atoms with Crippen molar-refractivity contribution in [3.63, 3.8) is 0 Å². The van der Waals surface area contributed by atoms with Crippen LogP contribution in [0.3, 0.4) is 0 Å². The van der Waals surface area contributed by atoms with Crippen molar-refractivity contribution in [1.82, 2.24) is 4.72 Å². The van der Waals surface area contributed by atoms with E-state index in [9.17, 15) is 8.42 Å². The van der Waals surface area contributed by atoms with E-state index >= 15 is 0 Å². The SMILES string of the molecule is CC(C)(C)[Si](C)(C)OCC1=COS(=O)(=O)N1. The molecule has 1 aliphatic heterocycles. The van der Waals surface area contributed by atoms with E-state index in [-0.39, 0.29) is 11.6 Å². The lowest BCUT2D eigenvalue weighted by molar-refractivity contribution is 0.314. The van der Waals surface area contributed by atoms with Gasteiger partial charge in [-0.25, -0.2) is 4.72 Å². The lowest BCUT2D eigenvalue weighted by atomic mass is 10.2. The van der Waals surface area contributed by atoms with Gasteiger partial charge in [-0.2, -0.15) is 8.42 Å². The van der Waals surface area contributed by atoms with Crippen LogP contribution in [0.1, 0.15) is 20.8 Å². The molecule has 1 heterocycles. The highest BCUT2D eigenvalue weighted by molar-refractivity contribution is 7.85. The van der Waals surface area contributed by atoms with Gasteiger partial charge >= 0.3 is 10.3 Å². The van der Waals surface area contributed by atoms with Gasteiger partial charge in [0.05, 0.1) is 12.3 Å². The molecule has 5 nitrogen and oxygen atoms in total. The van der Waals surface area contributed by atoms with E-state index in [0.717, 1.165) is 0 Å². The Labute approximate surface area is 98.2 Å². The van der Waals surface area contributed by atoms with E-state index in [1.165, 1.54) is 6.26 Å². The third-order valence-corrected chi connectivity index (χ3v) is 8.31. The Bertz CT molecular complexity index is 394. The Kier molecular flexibility index (Phi) is 3.42. The van der Waals surface area contributed by atoms with E-state index in [2.05, 4.69) is 42.8 Å². The molecule has 16 heavy (non-hydrogen) atoms. The monoisotopic (exact) mass is 265 g/mol. The van der Waals surface area contributed by atoms with Crippen molar-refractivity contribution in [3.8, 4) is 0 Å². The summed E-state index contributed by atoms with van der Waals surface area (Å²) in [5.41, 5.74) is 0.449. The van der Waals surface area contributed by atoms with Gasteiger partial charge in [0.2, 0.25) is 0 Å². The van der Waals surface area contributed by atoms with Gasteiger partial charge in [-0.15, -0.1) is 0 Å². The summed E-state index contributed by atoms with van der Waals surface area (Å²) in [6.45, 7) is 10.8. The average Bonchev–Trinajstić information content (AvgIpc) is 2.40. The average molecular weight is 265 g/mol. The zero-order valence-corrected chi connectivity index (χ0v) is 12.1. The largest absolute Gasteiger partial charge is 0.411 e. The molecule has 0 radical (unpaired) electrons. The summed E-state index contributed by atoms with van der Waals surface area (Å²) in [6, 6.07) is 0. The summed E-state index contributed by atoms with van der Waals surface area (Å²) in [6.07, 6.45) is 1.18. The highest BCUT2D eigenvalue weighted by Crippen LogP contribution is 2.36. The Hall–Kier alpha value is -0.533. The van der Waals surface area contributed by atoms with Gasteiger partial charge < -0.3 is 8.61 Å². The number of hydrogen-bond acceptors (Lipinski definition) is 4. The van der Waals surface area contributed by atoms with Crippen LogP contribution in [-0.4, -0.2) is 23.3 Å². The molecule has 0 atom stereocenters. The molecule has 0 aromatic carbocycles. The molecule has 0 aromatic heterocycles. The number of nitrogens with one attached hydrogen (secondary N) is 1.